The van der Waals surface area contributed by atoms with E-state index in [1.165, 1.54) is 0 Å². The van der Waals surface area contributed by atoms with Gasteiger partial charge in [0.1, 0.15) is 11.8 Å². The van der Waals surface area contributed by atoms with Gasteiger partial charge in [0.05, 0.1) is 18.4 Å². The van der Waals surface area contributed by atoms with Crippen molar-refractivity contribution in [3.8, 4) is 11.8 Å². The third kappa shape index (κ3) is 3.66. The molecule has 0 unspecified atom stereocenters. The first-order valence-electron chi connectivity index (χ1n) is 6.60. The van der Waals surface area contributed by atoms with Gasteiger partial charge in [-0.2, -0.15) is 5.26 Å². The molecule has 0 aliphatic rings. The van der Waals surface area contributed by atoms with E-state index in [1.807, 2.05) is 18.2 Å². The van der Waals surface area contributed by atoms with E-state index >= 15 is 0 Å². The molecule has 1 rings (SSSR count). The van der Waals surface area contributed by atoms with E-state index in [4.69, 9.17) is 10.00 Å². The number of ether oxygens (including phenoxy) is 1. The Labute approximate surface area is 110 Å². The summed E-state index contributed by atoms with van der Waals surface area (Å²) in [5, 5.41) is 12.6. The fourth-order valence-corrected chi connectivity index (χ4v) is 2.13. The Morgan fingerprint density at radius 2 is 1.94 bits per heavy atom. The molecular formula is C15H22N2O. The average Bonchev–Trinajstić information content (AvgIpc) is 2.39. The van der Waals surface area contributed by atoms with Gasteiger partial charge in [-0.05, 0) is 25.0 Å². The molecule has 0 amide bonds. The lowest BCUT2D eigenvalue weighted by atomic mass is 10.0. The number of benzene rings is 1. The second-order valence-corrected chi connectivity index (χ2v) is 4.41. The first-order valence-corrected chi connectivity index (χ1v) is 6.60. The molecule has 0 bridgehead atoms. The van der Waals surface area contributed by atoms with Crippen molar-refractivity contribution in [3.63, 3.8) is 0 Å². The van der Waals surface area contributed by atoms with Crippen LogP contribution in [-0.2, 0) is 0 Å². The lowest BCUT2D eigenvalue weighted by Gasteiger charge is -2.21. The number of hydrogen-bond donors (Lipinski definition) is 1. The van der Waals surface area contributed by atoms with Crippen LogP contribution in [0.5, 0.6) is 5.75 Å². The van der Waals surface area contributed by atoms with E-state index in [1.54, 1.807) is 7.11 Å². The highest BCUT2D eigenvalue weighted by molar-refractivity contribution is 5.66. The Balaban J connectivity index is 2.96. The molecule has 0 saturated heterocycles. The molecule has 98 valence electrons. The van der Waals surface area contributed by atoms with Gasteiger partial charge in [0.15, 0.2) is 0 Å². The number of methoxy groups -OCH3 is 1. The normalized spacial score (nSPS) is 10.2. The van der Waals surface area contributed by atoms with E-state index in [9.17, 15) is 0 Å². The quantitative estimate of drug-likeness (QED) is 0.792. The number of hydrogen-bond acceptors (Lipinski definition) is 3. The Hall–Kier alpha value is -1.69. The monoisotopic (exact) mass is 246 g/mol. The average molecular weight is 246 g/mol. The molecule has 0 radical (unpaired) electrons. The summed E-state index contributed by atoms with van der Waals surface area (Å²) in [4.78, 5) is 0. The maximum Gasteiger partial charge on any atom is 0.143 e. The molecule has 0 spiro atoms. The summed E-state index contributed by atoms with van der Waals surface area (Å²) in [5.41, 5.74) is 1.47. The predicted molar refractivity (Wildman–Crippen MR) is 74.9 cm³/mol. The van der Waals surface area contributed by atoms with Gasteiger partial charge in [0.25, 0.3) is 0 Å². The topological polar surface area (TPSA) is 45.0 Å². The van der Waals surface area contributed by atoms with Crippen LogP contribution >= 0.6 is 0 Å². The molecule has 3 nitrogen and oxygen atoms in total. The molecule has 1 aromatic carbocycles. The second-order valence-electron chi connectivity index (χ2n) is 4.41. The highest BCUT2D eigenvalue weighted by Gasteiger charge is 2.13. The van der Waals surface area contributed by atoms with E-state index in [0.29, 0.717) is 11.6 Å². The summed E-state index contributed by atoms with van der Waals surface area (Å²) in [7, 11) is 1.64. The SMILES string of the molecule is CCCC(CCC)Nc1c(C#N)cccc1OC. The van der Waals surface area contributed by atoms with Gasteiger partial charge >= 0.3 is 0 Å². The molecule has 0 saturated carbocycles. The first kappa shape index (κ1) is 14.4. The maximum absolute atomic E-state index is 9.17. The first-order chi connectivity index (χ1) is 8.76. The van der Waals surface area contributed by atoms with E-state index < -0.39 is 0 Å². The lowest BCUT2D eigenvalue weighted by molar-refractivity contribution is 0.415. The Morgan fingerprint density at radius 1 is 1.28 bits per heavy atom. The zero-order valence-electron chi connectivity index (χ0n) is 11.5. The molecule has 1 N–H and O–H groups in total. The standard InChI is InChI=1S/C15H22N2O/c1-4-7-13(8-5-2)17-15-12(11-16)9-6-10-14(15)18-3/h6,9-10,13,17H,4-5,7-8H2,1-3H3. The van der Waals surface area contributed by atoms with Crippen LogP contribution in [0.15, 0.2) is 18.2 Å². The van der Waals surface area contributed by atoms with Crippen LogP contribution < -0.4 is 10.1 Å². The zero-order chi connectivity index (χ0) is 13.4. The van der Waals surface area contributed by atoms with Crippen LogP contribution in [0, 0.1) is 11.3 Å². The van der Waals surface area contributed by atoms with Crippen molar-refractivity contribution in [3.05, 3.63) is 23.8 Å². The Morgan fingerprint density at radius 3 is 2.44 bits per heavy atom. The number of para-hydroxylation sites is 1. The number of nitriles is 1. The van der Waals surface area contributed by atoms with Crippen molar-refractivity contribution in [2.45, 2.75) is 45.6 Å². The molecule has 1 aromatic rings. The minimum Gasteiger partial charge on any atom is -0.495 e. The maximum atomic E-state index is 9.17. The summed E-state index contributed by atoms with van der Waals surface area (Å²) >= 11 is 0. The van der Waals surface area contributed by atoms with Crippen molar-refractivity contribution < 1.29 is 4.74 Å². The van der Waals surface area contributed by atoms with Gasteiger partial charge in [0, 0.05) is 6.04 Å². The van der Waals surface area contributed by atoms with E-state index in [2.05, 4.69) is 25.2 Å². The predicted octanol–water partition coefficient (Wildman–Crippen LogP) is 3.95. The largest absolute Gasteiger partial charge is 0.495 e. The van der Waals surface area contributed by atoms with E-state index in [0.717, 1.165) is 37.1 Å². The van der Waals surface area contributed by atoms with Gasteiger partial charge in [0.2, 0.25) is 0 Å². The summed E-state index contributed by atoms with van der Waals surface area (Å²) in [5.74, 6) is 0.742. The molecule has 0 aliphatic heterocycles. The number of rotatable bonds is 7. The third-order valence-electron chi connectivity index (χ3n) is 2.99. The van der Waals surface area contributed by atoms with Gasteiger partial charge < -0.3 is 10.1 Å². The minimum atomic E-state index is 0.406. The zero-order valence-corrected chi connectivity index (χ0v) is 11.5. The molecule has 3 heteroatoms. The summed E-state index contributed by atoms with van der Waals surface area (Å²) < 4.78 is 5.33. The Bertz CT molecular complexity index is 403. The molecule has 0 atom stereocenters. The summed E-state index contributed by atoms with van der Waals surface area (Å²) in [6, 6.07) is 8.17. The lowest BCUT2D eigenvalue weighted by Crippen LogP contribution is -2.20. The van der Waals surface area contributed by atoms with Crippen molar-refractivity contribution in [1.29, 1.82) is 5.26 Å². The fourth-order valence-electron chi connectivity index (χ4n) is 2.13. The highest BCUT2D eigenvalue weighted by Crippen LogP contribution is 2.29. The Kier molecular flexibility index (Phi) is 6.07. The summed E-state index contributed by atoms with van der Waals surface area (Å²) in [6.07, 6.45) is 4.48. The van der Waals surface area contributed by atoms with Crippen LogP contribution in [0.4, 0.5) is 5.69 Å². The number of nitrogens with zero attached hydrogens (tertiary/aromatic N) is 1. The van der Waals surface area contributed by atoms with Crippen LogP contribution in [0.25, 0.3) is 0 Å². The van der Waals surface area contributed by atoms with Crippen LogP contribution in [-0.4, -0.2) is 13.2 Å². The van der Waals surface area contributed by atoms with Gasteiger partial charge in [-0.3, -0.25) is 0 Å². The highest BCUT2D eigenvalue weighted by atomic mass is 16.5. The molecular weight excluding hydrogens is 224 g/mol. The molecule has 0 aliphatic carbocycles. The second kappa shape index (κ2) is 7.60. The van der Waals surface area contributed by atoms with Crippen molar-refractivity contribution in [2.75, 3.05) is 12.4 Å². The fraction of sp³-hybridized carbons (Fsp3) is 0.533. The van der Waals surface area contributed by atoms with Gasteiger partial charge in [-0.1, -0.05) is 32.8 Å². The van der Waals surface area contributed by atoms with Crippen molar-refractivity contribution in [1.82, 2.24) is 0 Å². The van der Waals surface area contributed by atoms with E-state index in [-0.39, 0.29) is 0 Å². The van der Waals surface area contributed by atoms with Gasteiger partial charge in [-0.15, -0.1) is 0 Å². The number of anilines is 1. The van der Waals surface area contributed by atoms with Crippen molar-refractivity contribution in [2.24, 2.45) is 0 Å². The third-order valence-corrected chi connectivity index (χ3v) is 2.99. The van der Waals surface area contributed by atoms with Crippen LogP contribution in [0.1, 0.15) is 45.1 Å². The van der Waals surface area contributed by atoms with Crippen LogP contribution in [0.2, 0.25) is 0 Å². The van der Waals surface area contributed by atoms with Gasteiger partial charge in [-0.25, -0.2) is 0 Å². The molecule has 0 fully saturated rings. The smallest absolute Gasteiger partial charge is 0.143 e. The molecule has 0 heterocycles. The number of nitrogens with one attached hydrogen (secondary N) is 1. The minimum absolute atomic E-state index is 0.406. The van der Waals surface area contributed by atoms with Crippen LogP contribution in [0.3, 0.4) is 0 Å². The molecule has 0 aromatic heterocycles. The van der Waals surface area contributed by atoms with Crippen molar-refractivity contribution >= 4 is 5.69 Å². The summed E-state index contributed by atoms with van der Waals surface area (Å²) in [6.45, 7) is 4.36. The molecule has 18 heavy (non-hydrogen) atoms.